The topological polar surface area (TPSA) is 45.6 Å². The Labute approximate surface area is 106 Å². The quantitative estimate of drug-likeness (QED) is 0.898. The van der Waals surface area contributed by atoms with Crippen LogP contribution in [0.25, 0.3) is 0 Å². The summed E-state index contributed by atoms with van der Waals surface area (Å²) in [6, 6.07) is 0. The Bertz CT molecular complexity index is 367. The van der Waals surface area contributed by atoms with Crippen LogP contribution in [0.1, 0.15) is 30.3 Å². The maximum absolute atomic E-state index is 9.21. The third kappa shape index (κ3) is 2.97. The number of rotatable bonds is 3. The second kappa shape index (κ2) is 5.80. The predicted octanol–water partition coefficient (Wildman–Crippen LogP) is 1.95. The highest BCUT2D eigenvalue weighted by molar-refractivity contribution is 7.15. The number of aliphatic hydroxyl groups is 1. The molecule has 1 aliphatic rings. The molecular weight excluding hydrogens is 236 g/mol. The Morgan fingerprint density at radius 2 is 2.41 bits per heavy atom. The van der Waals surface area contributed by atoms with Crippen LogP contribution < -0.4 is 4.90 Å². The molecule has 0 bridgehead atoms. The monoisotopic (exact) mass is 256 g/mol. The van der Waals surface area contributed by atoms with E-state index in [1.165, 1.54) is 0 Å². The van der Waals surface area contributed by atoms with Gasteiger partial charge in [-0.25, -0.2) is 4.98 Å². The maximum Gasteiger partial charge on any atom is 0.185 e. The molecule has 0 saturated carbocycles. The lowest BCUT2D eigenvalue weighted by Crippen LogP contribution is -2.31. The number of thiazole rings is 1. The van der Waals surface area contributed by atoms with Crippen molar-refractivity contribution in [3.63, 3.8) is 0 Å². The normalized spacial score (nSPS) is 21.6. The van der Waals surface area contributed by atoms with Gasteiger partial charge < -0.3 is 14.7 Å². The van der Waals surface area contributed by atoms with Gasteiger partial charge in [-0.15, -0.1) is 0 Å². The van der Waals surface area contributed by atoms with Crippen LogP contribution in [0.2, 0.25) is 0 Å². The number of anilines is 1. The molecule has 1 aromatic heterocycles. The number of aromatic nitrogens is 1. The van der Waals surface area contributed by atoms with Crippen LogP contribution in [0.5, 0.6) is 0 Å². The van der Waals surface area contributed by atoms with Crippen LogP contribution in [0.3, 0.4) is 0 Å². The highest BCUT2D eigenvalue weighted by atomic mass is 32.1. The Morgan fingerprint density at radius 3 is 3.06 bits per heavy atom. The molecule has 1 N–H and O–H groups in total. The molecule has 1 aromatic rings. The van der Waals surface area contributed by atoms with E-state index in [0.29, 0.717) is 6.10 Å². The van der Waals surface area contributed by atoms with Crippen molar-refractivity contribution in [3.05, 3.63) is 10.6 Å². The lowest BCUT2D eigenvalue weighted by Gasteiger charge is -2.22. The molecule has 1 unspecified atom stereocenters. The largest absolute Gasteiger partial charge is 0.391 e. The number of hydrogen-bond acceptors (Lipinski definition) is 5. The van der Waals surface area contributed by atoms with E-state index >= 15 is 0 Å². The number of aliphatic hydroxyl groups excluding tert-OH is 1. The van der Waals surface area contributed by atoms with Crippen molar-refractivity contribution in [1.29, 1.82) is 0 Å². The predicted molar refractivity (Wildman–Crippen MR) is 69.6 cm³/mol. The zero-order chi connectivity index (χ0) is 12.3. The summed E-state index contributed by atoms with van der Waals surface area (Å²) in [5, 5.41) is 10.2. The first-order valence-electron chi connectivity index (χ1n) is 6.18. The van der Waals surface area contributed by atoms with Crippen molar-refractivity contribution in [2.45, 2.75) is 39.4 Å². The summed E-state index contributed by atoms with van der Waals surface area (Å²) >= 11 is 1.60. The van der Waals surface area contributed by atoms with E-state index in [9.17, 15) is 5.11 Å². The molecule has 2 heterocycles. The van der Waals surface area contributed by atoms with Crippen LogP contribution in [-0.4, -0.2) is 35.9 Å². The van der Waals surface area contributed by atoms with E-state index in [4.69, 9.17) is 4.74 Å². The van der Waals surface area contributed by atoms with E-state index < -0.39 is 0 Å². The van der Waals surface area contributed by atoms with Gasteiger partial charge in [-0.05, 0) is 19.8 Å². The molecule has 0 amide bonds. The Balaban J connectivity index is 2.13. The first kappa shape index (κ1) is 12.8. The Kier molecular flexibility index (Phi) is 4.36. The lowest BCUT2D eigenvalue weighted by molar-refractivity contribution is 0.0664. The van der Waals surface area contributed by atoms with E-state index in [1.54, 1.807) is 11.3 Å². The van der Waals surface area contributed by atoms with Crippen LogP contribution in [-0.2, 0) is 11.3 Å². The fourth-order valence-electron chi connectivity index (χ4n) is 2.01. The maximum atomic E-state index is 9.21. The Morgan fingerprint density at radius 1 is 1.59 bits per heavy atom. The van der Waals surface area contributed by atoms with Gasteiger partial charge in [-0.2, -0.15) is 0 Å². The van der Waals surface area contributed by atoms with Crippen LogP contribution in [0.4, 0.5) is 5.13 Å². The number of ether oxygens (including phenoxy) is 1. The van der Waals surface area contributed by atoms with Crippen LogP contribution in [0.15, 0.2) is 0 Å². The molecule has 2 rings (SSSR count). The van der Waals surface area contributed by atoms with Crippen LogP contribution >= 0.6 is 11.3 Å². The zero-order valence-electron chi connectivity index (χ0n) is 10.5. The van der Waals surface area contributed by atoms with Crippen molar-refractivity contribution < 1.29 is 9.84 Å². The second-order valence-electron chi connectivity index (χ2n) is 4.36. The fraction of sp³-hybridized carbons (Fsp3) is 0.750. The SMILES string of the molecule is CCC1CN(c2nc(C)c(CO)s2)CCCO1. The van der Waals surface area contributed by atoms with Crippen molar-refractivity contribution in [2.24, 2.45) is 0 Å². The molecule has 0 radical (unpaired) electrons. The summed E-state index contributed by atoms with van der Waals surface area (Å²) < 4.78 is 5.75. The number of hydrogen-bond donors (Lipinski definition) is 1. The van der Waals surface area contributed by atoms with Gasteiger partial charge in [-0.1, -0.05) is 18.3 Å². The minimum Gasteiger partial charge on any atom is -0.391 e. The molecular formula is C12H20N2O2S. The van der Waals surface area contributed by atoms with E-state index in [1.807, 2.05) is 6.92 Å². The molecule has 1 fully saturated rings. The van der Waals surface area contributed by atoms with Gasteiger partial charge in [0.15, 0.2) is 5.13 Å². The molecule has 1 atom stereocenters. The molecule has 17 heavy (non-hydrogen) atoms. The summed E-state index contributed by atoms with van der Waals surface area (Å²) in [4.78, 5) is 7.80. The van der Waals surface area contributed by atoms with Gasteiger partial charge >= 0.3 is 0 Å². The van der Waals surface area contributed by atoms with Crippen molar-refractivity contribution >= 4 is 16.5 Å². The first-order valence-corrected chi connectivity index (χ1v) is 7.00. The van der Waals surface area contributed by atoms with Gasteiger partial charge in [0.05, 0.1) is 23.3 Å². The summed E-state index contributed by atoms with van der Waals surface area (Å²) in [6.45, 7) is 6.94. The van der Waals surface area contributed by atoms with Gasteiger partial charge in [0, 0.05) is 19.7 Å². The zero-order valence-corrected chi connectivity index (χ0v) is 11.3. The standard InChI is InChI=1S/C12H20N2O2S/c1-3-10-7-14(5-4-6-16-10)12-13-9(2)11(8-15)17-12/h10,15H,3-8H2,1-2H3. The highest BCUT2D eigenvalue weighted by Gasteiger charge is 2.20. The van der Waals surface area contributed by atoms with Crippen molar-refractivity contribution in [1.82, 2.24) is 4.98 Å². The van der Waals surface area contributed by atoms with Crippen molar-refractivity contribution in [2.75, 3.05) is 24.6 Å². The highest BCUT2D eigenvalue weighted by Crippen LogP contribution is 2.27. The molecule has 1 saturated heterocycles. The second-order valence-corrected chi connectivity index (χ2v) is 5.43. The average molecular weight is 256 g/mol. The lowest BCUT2D eigenvalue weighted by atomic mass is 10.2. The fourth-order valence-corrected chi connectivity index (χ4v) is 2.97. The number of aryl methyl sites for hydroxylation is 1. The molecule has 4 nitrogen and oxygen atoms in total. The third-order valence-corrected chi connectivity index (χ3v) is 4.30. The number of nitrogens with zero attached hydrogens (tertiary/aromatic N) is 2. The average Bonchev–Trinajstić information content (AvgIpc) is 2.58. The molecule has 0 aliphatic carbocycles. The first-order chi connectivity index (χ1) is 8.24. The smallest absolute Gasteiger partial charge is 0.185 e. The van der Waals surface area contributed by atoms with Crippen molar-refractivity contribution in [3.8, 4) is 0 Å². The minimum absolute atomic E-state index is 0.0883. The molecule has 0 spiro atoms. The molecule has 5 heteroatoms. The summed E-state index contributed by atoms with van der Waals surface area (Å²) in [5.41, 5.74) is 0.950. The van der Waals surface area contributed by atoms with E-state index in [2.05, 4.69) is 16.8 Å². The van der Waals surface area contributed by atoms with Gasteiger partial charge in [0.2, 0.25) is 0 Å². The summed E-state index contributed by atoms with van der Waals surface area (Å²) in [5.74, 6) is 0. The Hall–Kier alpha value is -0.650. The molecule has 1 aliphatic heterocycles. The minimum atomic E-state index is 0.0883. The summed E-state index contributed by atoms with van der Waals surface area (Å²) in [6.07, 6.45) is 2.39. The van der Waals surface area contributed by atoms with E-state index in [0.717, 1.165) is 48.2 Å². The molecule has 96 valence electrons. The van der Waals surface area contributed by atoms with E-state index in [-0.39, 0.29) is 6.61 Å². The molecule has 0 aromatic carbocycles. The third-order valence-electron chi connectivity index (χ3n) is 3.10. The summed E-state index contributed by atoms with van der Waals surface area (Å²) in [7, 11) is 0. The van der Waals surface area contributed by atoms with Gasteiger partial charge in [0.25, 0.3) is 0 Å². The van der Waals surface area contributed by atoms with Gasteiger partial charge in [0.1, 0.15) is 0 Å². The van der Waals surface area contributed by atoms with Crippen LogP contribution in [0, 0.1) is 6.92 Å². The van der Waals surface area contributed by atoms with Gasteiger partial charge in [-0.3, -0.25) is 0 Å².